The number of carbonyl (C=O) groups excluding carboxylic acids is 1. The van der Waals surface area contributed by atoms with E-state index in [1.807, 2.05) is 6.20 Å². The zero-order valence-corrected chi connectivity index (χ0v) is 17.4. The monoisotopic (exact) mass is 394 g/mol. The lowest BCUT2D eigenvalue weighted by atomic mass is 9.75. The topological polar surface area (TPSA) is 97.7 Å². The Kier molecular flexibility index (Phi) is 5.30. The van der Waals surface area contributed by atoms with Gasteiger partial charge in [0.05, 0.1) is 11.5 Å². The number of hydrogen-bond donors (Lipinski definition) is 2. The lowest BCUT2D eigenvalue weighted by molar-refractivity contribution is -0.123. The summed E-state index contributed by atoms with van der Waals surface area (Å²) in [6, 6.07) is 4.20. The Morgan fingerprint density at radius 3 is 2.83 bits per heavy atom. The van der Waals surface area contributed by atoms with Crippen molar-refractivity contribution in [2.24, 2.45) is 16.7 Å². The first-order valence-electron chi connectivity index (χ1n) is 10.6. The second-order valence-electron chi connectivity index (χ2n) is 9.09. The predicted octanol–water partition coefficient (Wildman–Crippen LogP) is 3.05. The SMILES string of the molecule is CC(=O)C1(C#N)CCCC1.C[C@]12CNCC1CCN(c1ncnc3[nH]ccc13)C2. The van der Waals surface area contributed by atoms with E-state index in [-0.39, 0.29) is 5.78 Å². The molecule has 1 aliphatic carbocycles. The smallest absolute Gasteiger partial charge is 0.150 e. The van der Waals surface area contributed by atoms with Gasteiger partial charge < -0.3 is 15.2 Å². The number of ketones is 1. The van der Waals surface area contributed by atoms with Gasteiger partial charge in [0.25, 0.3) is 0 Å². The summed E-state index contributed by atoms with van der Waals surface area (Å²) < 4.78 is 0. The van der Waals surface area contributed by atoms with Crippen LogP contribution in [0, 0.1) is 28.1 Å². The molecular formula is C22H30N6O. The predicted molar refractivity (Wildman–Crippen MR) is 112 cm³/mol. The van der Waals surface area contributed by atoms with Crippen molar-refractivity contribution in [3.8, 4) is 6.07 Å². The summed E-state index contributed by atoms with van der Waals surface area (Å²) in [6.45, 7) is 8.40. The number of nitrogens with one attached hydrogen (secondary N) is 2. The number of piperidine rings is 1. The van der Waals surface area contributed by atoms with Crippen LogP contribution in [-0.4, -0.2) is 46.9 Å². The Morgan fingerprint density at radius 1 is 1.34 bits per heavy atom. The molecule has 3 fully saturated rings. The number of nitriles is 1. The van der Waals surface area contributed by atoms with Gasteiger partial charge >= 0.3 is 0 Å². The van der Waals surface area contributed by atoms with Crippen LogP contribution in [0.25, 0.3) is 11.0 Å². The van der Waals surface area contributed by atoms with E-state index >= 15 is 0 Å². The van der Waals surface area contributed by atoms with E-state index in [1.165, 1.54) is 19.9 Å². The molecule has 2 atom stereocenters. The third kappa shape index (κ3) is 3.62. The summed E-state index contributed by atoms with van der Waals surface area (Å²) in [7, 11) is 0. The number of hydrogen-bond acceptors (Lipinski definition) is 6. The van der Waals surface area contributed by atoms with Gasteiger partial charge in [0.2, 0.25) is 0 Å². The third-order valence-corrected chi connectivity index (χ3v) is 7.18. The first kappa shape index (κ1) is 19.8. The Bertz CT molecular complexity index is 925. The molecule has 0 amide bonds. The number of aromatic nitrogens is 3. The van der Waals surface area contributed by atoms with E-state index in [1.54, 1.807) is 6.33 Å². The molecule has 0 bridgehead atoms. The van der Waals surface area contributed by atoms with Gasteiger partial charge in [-0.15, -0.1) is 0 Å². The summed E-state index contributed by atoms with van der Waals surface area (Å²) in [5.41, 5.74) is 0.716. The number of anilines is 1. The molecule has 1 unspecified atom stereocenters. The molecule has 7 heteroatoms. The van der Waals surface area contributed by atoms with E-state index in [2.05, 4.69) is 44.2 Å². The molecule has 3 aliphatic rings. The van der Waals surface area contributed by atoms with Crippen LogP contribution in [0.15, 0.2) is 18.6 Å². The van der Waals surface area contributed by atoms with Gasteiger partial charge in [-0.3, -0.25) is 4.79 Å². The lowest BCUT2D eigenvalue weighted by Gasteiger charge is -2.42. The average molecular weight is 395 g/mol. The largest absolute Gasteiger partial charge is 0.355 e. The highest BCUT2D eigenvalue weighted by atomic mass is 16.1. The highest BCUT2D eigenvalue weighted by Crippen LogP contribution is 2.40. The highest BCUT2D eigenvalue weighted by molar-refractivity contribution is 5.87. The Morgan fingerprint density at radius 2 is 2.14 bits per heavy atom. The van der Waals surface area contributed by atoms with Gasteiger partial charge in [-0.05, 0) is 44.7 Å². The molecule has 2 aromatic heterocycles. The Balaban J connectivity index is 0.000000174. The van der Waals surface area contributed by atoms with Crippen LogP contribution in [0.1, 0.15) is 46.0 Å². The van der Waals surface area contributed by atoms with Crippen molar-refractivity contribution in [1.29, 1.82) is 5.26 Å². The molecule has 2 aliphatic heterocycles. The van der Waals surface area contributed by atoms with Crippen LogP contribution in [0.3, 0.4) is 0 Å². The summed E-state index contributed by atoms with van der Waals surface area (Å²) in [5.74, 6) is 1.94. The standard InChI is InChI=1S/C14H19N5.C8H11NO/c1-14-7-15-6-10(14)3-5-19(8-14)13-11-2-4-16-12(11)17-9-18-13;1-7(10)8(6-9)4-2-3-5-8/h2,4,9-10,15H,3,5-8H2,1H3,(H,16,17,18);2-5H2,1H3/t10?,14-;/m1./s1. The minimum absolute atomic E-state index is 0.0486. The minimum atomic E-state index is -0.597. The van der Waals surface area contributed by atoms with E-state index in [4.69, 9.17) is 5.26 Å². The first-order chi connectivity index (χ1) is 14.0. The van der Waals surface area contributed by atoms with Crippen LogP contribution in [0.4, 0.5) is 5.82 Å². The zero-order chi connectivity index (χ0) is 20.5. The molecule has 154 valence electrons. The van der Waals surface area contributed by atoms with Crippen molar-refractivity contribution in [1.82, 2.24) is 20.3 Å². The second kappa shape index (κ2) is 7.75. The molecule has 2 N–H and O–H groups in total. The molecule has 29 heavy (non-hydrogen) atoms. The molecule has 0 aromatic carbocycles. The van der Waals surface area contributed by atoms with Gasteiger partial charge in [0, 0.05) is 31.2 Å². The van der Waals surface area contributed by atoms with Crippen LogP contribution >= 0.6 is 0 Å². The summed E-state index contributed by atoms with van der Waals surface area (Å²) in [5, 5.41) is 13.4. The number of carbonyl (C=O) groups is 1. The van der Waals surface area contributed by atoms with E-state index in [0.717, 1.165) is 68.1 Å². The molecule has 5 rings (SSSR count). The number of rotatable bonds is 2. The normalized spacial score (nSPS) is 27.8. The van der Waals surface area contributed by atoms with Crippen LogP contribution in [0.2, 0.25) is 0 Å². The molecule has 7 nitrogen and oxygen atoms in total. The molecule has 2 aromatic rings. The van der Waals surface area contributed by atoms with Crippen molar-refractivity contribution in [2.75, 3.05) is 31.1 Å². The van der Waals surface area contributed by atoms with E-state index < -0.39 is 5.41 Å². The molecule has 0 spiro atoms. The fourth-order valence-corrected chi connectivity index (χ4v) is 5.20. The number of Topliss-reactive ketones (excluding diaryl/α,β-unsaturated/α-hetero) is 1. The number of fused-ring (bicyclic) bond motifs is 2. The lowest BCUT2D eigenvalue weighted by Crippen LogP contribution is -2.47. The second-order valence-corrected chi connectivity index (χ2v) is 9.09. The summed E-state index contributed by atoms with van der Waals surface area (Å²) >= 11 is 0. The van der Waals surface area contributed by atoms with Crippen LogP contribution in [0.5, 0.6) is 0 Å². The van der Waals surface area contributed by atoms with Crippen molar-refractivity contribution >= 4 is 22.6 Å². The molecule has 4 heterocycles. The third-order valence-electron chi connectivity index (χ3n) is 7.18. The number of nitrogens with zero attached hydrogens (tertiary/aromatic N) is 4. The van der Waals surface area contributed by atoms with Gasteiger partial charge in [0.1, 0.15) is 29.0 Å². The van der Waals surface area contributed by atoms with Crippen molar-refractivity contribution < 1.29 is 4.79 Å². The number of H-pyrrole nitrogens is 1. The Labute approximate surface area is 171 Å². The first-order valence-corrected chi connectivity index (χ1v) is 10.6. The summed E-state index contributed by atoms with van der Waals surface area (Å²) in [4.78, 5) is 25.4. The summed E-state index contributed by atoms with van der Waals surface area (Å²) in [6.07, 6.45) is 8.47. The van der Waals surface area contributed by atoms with E-state index in [9.17, 15) is 4.79 Å². The van der Waals surface area contributed by atoms with Gasteiger partial charge in [-0.1, -0.05) is 19.8 Å². The van der Waals surface area contributed by atoms with Gasteiger partial charge in [0.15, 0.2) is 0 Å². The molecule has 2 saturated heterocycles. The fraction of sp³-hybridized carbons (Fsp3) is 0.636. The molecular weight excluding hydrogens is 364 g/mol. The maximum absolute atomic E-state index is 11.0. The highest BCUT2D eigenvalue weighted by Gasteiger charge is 2.43. The quantitative estimate of drug-likeness (QED) is 0.812. The van der Waals surface area contributed by atoms with Gasteiger partial charge in [-0.2, -0.15) is 5.26 Å². The van der Waals surface area contributed by atoms with E-state index in [0.29, 0.717) is 5.41 Å². The minimum Gasteiger partial charge on any atom is -0.355 e. The van der Waals surface area contributed by atoms with Crippen molar-refractivity contribution in [2.45, 2.75) is 46.0 Å². The van der Waals surface area contributed by atoms with Crippen molar-refractivity contribution in [3.05, 3.63) is 18.6 Å². The maximum Gasteiger partial charge on any atom is 0.150 e. The average Bonchev–Trinajstić information content (AvgIpc) is 3.46. The Hall–Kier alpha value is -2.46. The molecule has 0 radical (unpaired) electrons. The van der Waals surface area contributed by atoms with Crippen LogP contribution < -0.4 is 10.2 Å². The number of aromatic amines is 1. The van der Waals surface area contributed by atoms with Gasteiger partial charge in [-0.25, -0.2) is 9.97 Å². The van der Waals surface area contributed by atoms with Crippen LogP contribution in [-0.2, 0) is 4.79 Å². The molecule has 1 saturated carbocycles. The fourth-order valence-electron chi connectivity index (χ4n) is 5.20. The van der Waals surface area contributed by atoms with Crippen molar-refractivity contribution in [3.63, 3.8) is 0 Å². The maximum atomic E-state index is 11.0. The zero-order valence-electron chi connectivity index (χ0n) is 17.4.